The summed E-state index contributed by atoms with van der Waals surface area (Å²) in [5, 5.41) is 0. The van der Waals surface area contributed by atoms with E-state index in [9.17, 15) is 0 Å². The molecule has 0 saturated carbocycles. The summed E-state index contributed by atoms with van der Waals surface area (Å²) < 4.78 is 5.79. The van der Waals surface area contributed by atoms with Crippen LogP contribution in [0.1, 0.15) is 24.2 Å². The first-order valence-corrected chi connectivity index (χ1v) is 5.70. The van der Waals surface area contributed by atoms with E-state index in [-0.39, 0.29) is 6.10 Å². The lowest BCUT2D eigenvalue weighted by Gasteiger charge is -2.32. The van der Waals surface area contributed by atoms with Gasteiger partial charge in [0.05, 0.1) is 12.7 Å². The molecule has 0 aromatic heterocycles. The van der Waals surface area contributed by atoms with E-state index >= 15 is 0 Å². The predicted molar refractivity (Wildman–Crippen MR) is 62.0 cm³/mol. The SMILES string of the molecule is CCN1CCOC(c2ccc(C)cc2)C1. The normalized spacial score (nSPS) is 22.9. The Morgan fingerprint density at radius 3 is 2.73 bits per heavy atom. The summed E-state index contributed by atoms with van der Waals surface area (Å²) in [4.78, 5) is 2.44. The Hall–Kier alpha value is -0.860. The number of nitrogens with zero attached hydrogens (tertiary/aromatic N) is 1. The van der Waals surface area contributed by atoms with Crippen molar-refractivity contribution < 1.29 is 4.74 Å². The molecule has 0 amide bonds. The third kappa shape index (κ3) is 2.58. The van der Waals surface area contributed by atoms with Crippen LogP contribution in [0.3, 0.4) is 0 Å². The third-order valence-corrected chi connectivity index (χ3v) is 3.05. The summed E-state index contributed by atoms with van der Waals surface area (Å²) in [5.41, 5.74) is 2.61. The van der Waals surface area contributed by atoms with Gasteiger partial charge in [-0.25, -0.2) is 0 Å². The zero-order chi connectivity index (χ0) is 10.7. The van der Waals surface area contributed by atoms with E-state index in [4.69, 9.17) is 4.74 Å². The highest BCUT2D eigenvalue weighted by molar-refractivity contribution is 5.23. The van der Waals surface area contributed by atoms with Crippen LogP contribution in [-0.4, -0.2) is 31.1 Å². The summed E-state index contributed by atoms with van der Waals surface area (Å²) in [6.45, 7) is 8.39. The van der Waals surface area contributed by atoms with E-state index in [0.717, 1.165) is 26.2 Å². The molecular formula is C13H19NO. The van der Waals surface area contributed by atoms with Crippen molar-refractivity contribution in [2.24, 2.45) is 0 Å². The Morgan fingerprint density at radius 2 is 2.07 bits per heavy atom. The van der Waals surface area contributed by atoms with Crippen molar-refractivity contribution >= 4 is 0 Å². The topological polar surface area (TPSA) is 12.5 Å². The molecule has 1 saturated heterocycles. The van der Waals surface area contributed by atoms with E-state index in [1.807, 2.05) is 0 Å². The standard InChI is InChI=1S/C13H19NO/c1-3-14-8-9-15-13(10-14)12-6-4-11(2)5-7-12/h4-7,13H,3,8-10H2,1-2H3. The quantitative estimate of drug-likeness (QED) is 0.735. The number of hydrogen-bond donors (Lipinski definition) is 0. The van der Waals surface area contributed by atoms with Gasteiger partial charge in [0, 0.05) is 13.1 Å². The molecule has 0 N–H and O–H groups in total. The van der Waals surface area contributed by atoms with E-state index in [1.54, 1.807) is 0 Å². The minimum Gasteiger partial charge on any atom is -0.371 e. The highest BCUT2D eigenvalue weighted by Gasteiger charge is 2.20. The molecule has 1 aromatic rings. The molecular weight excluding hydrogens is 186 g/mol. The fourth-order valence-corrected chi connectivity index (χ4v) is 1.97. The average Bonchev–Trinajstić information content (AvgIpc) is 2.30. The Balaban J connectivity index is 2.06. The Morgan fingerprint density at radius 1 is 1.33 bits per heavy atom. The highest BCUT2D eigenvalue weighted by Crippen LogP contribution is 2.22. The van der Waals surface area contributed by atoms with Crippen molar-refractivity contribution in [1.29, 1.82) is 0 Å². The molecule has 1 aromatic carbocycles. The molecule has 1 unspecified atom stereocenters. The predicted octanol–water partition coefficient (Wildman–Crippen LogP) is 2.39. The maximum atomic E-state index is 5.79. The lowest BCUT2D eigenvalue weighted by molar-refractivity contribution is -0.0281. The second-order valence-corrected chi connectivity index (χ2v) is 4.16. The minimum absolute atomic E-state index is 0.263. The second-order valence-electron chi connectivity index (χ2n) is 4.16. The summed E-state index contributed by atoms with van der Waals surface area (Å²) in [6.07, 6.45) is 0.263. The summed E-state index contributed by atoms with van der Waals surface area (Å²) >= 11 is 0. The van der Waals surface area contributed by atoms with Crippen LogP contribution in [0.4, 0.5) is 0 Å². The Labute approximate surface area is 91.9 Å². The van der Waals surface area contributed by atoms with Crippen molar-refractivity contribution in [1.82, 2.24) is 4.90 Å². The molecule has 1 aliphatic rings. The molecule has 1 atom stereocenters. The van der Waals surface area contributed by atoms with Crippen molar-refractivity contribution in [3.63, 3.8) is 0 Å². The van der Waals surface area contributed by atoms with Gasteiger partial charge in [0.15, 0.2) is 0 Å². The van der Waals surface area contributed by atoms with Gasteiger partial charge in [-0.2, -0.15) is 0 Å². The summed E-state index contributed by atoms with van der Waals surface area (Å²) in [6, 6.07) is 8.67. The Bertz CT molecular complexity index is 307. The lowest BCUT2D eigenvalue weighted by Crippen LogP contribution is -2.38. The van der Waals surface area contributed by atoms with Crippen molar-refractivity contribution in [2.45, 2.75) is 20.0 Å². The lowest BCUT2D eigenvalue weighted by atomic mass is 10.1. The fourth-order valence-electron chi connectivity index (χ4n) is 1.97. The number of aryl methyl sites for hydroxylation is 1. The largest absolute Gasteiger partial charge is 0.371 e. The molecule has 2 rings (SSSR count). The van der Waals surface area contributed by atoms with E-state index < -0.39 is 0 Å². The zero-order valence-electron chi connectivity index (χ0n) is 9.57. The van der Waals surface area contributed by atoms with Crippen LogP contribution in [-0.2, 0) is 4.74 Å². The fraction of sp³-hybridized carbons (Fsp3) is 0.538. The van der Waals surface area contributed by atoms with Gasteiger partial charge in [0.2, 0.25) is 0 Å². The number of benzene rings is 1. The van der Waals surface area contributed by atoms with Crippen LogP contribution in [0.25, 0.3) is 0 Å². The average molecular weight is 205 g/mol. The van der Waals surface area contributed by atoms with Gasteiger partial charge >= 0.3 is 0 Å². The van der Waals surface area contributed by atoms with Crippen molar-refractivity contribution in [3.05, 3.63) is 35.4 Å². The van der Waals surface area contributed by atoms with Gasteiger partial charge in [-0.05, 0) is 19.0 Å². The maximum absolute atomic E-state index is 5.79. The first-order chi connectivity index (χ1) is 7.29. The number of ether oxygens (including phenoxy) is 1. The van der Waals surface area contributed by atoms with Crippen LogP contribution in [0, 0.1) is 6.92 Å². The monoisotopic (exact) mass is 205 g/mol. The molecule has 0 spiro atoms. The van der Waals surface area contributed by atoms with Crippen molar-refractivity contribution in [2.75, 3.05) is 26.2 Å². The van der Waals surface area contributed by atoms with Gasteiger partial charge in [0.25, 0.3) is 0 Å². The molecule has 2 heteroatoms. The molecule has 0 aliphatic carbocycles. The zero-order valence-corrected chi connectivity index (χ0v) is 9.57. The van der Waals surface area contributed by atoms with Crippen LogP contribution in [0.15, 0.2) is 24.3 Å². The Kier molecular flexibility index (Phi) is 3.39. The summed E-state index contributed by atoms with van der Waals surface area (Å²) in [7, 11) is 0. The van der Waals surface area contributed by atoms with Crippen LogP contribution >= 0.6 is 0 Å². The molecule has 0 radical (unpaired) electrons. The molecule has 15 heavy (non-hydrogen) atoms. The number of hydrogen-bond acceptors (Lipinski definition) is 2. The highest BCUT2D eigenvalue weighted by atomic mass is 16.5. The smallest absolute Gasteiger partial charge is 0.0952 e. The van der Waals surface area contributed by atoms with Crippen LogP contribution in [0.5, 0.6) is 0 Å². The van der Waals surface area contributed by atoms with E-state index in [0.29, 0.717) is 0 Å². The molecule has 82 valence electrons. The van der Waals surface area contributed by atoms with Gasteiger partial charge in [0.1, 0.15) is 0 Å². The number of morpholine rings is 1. The van der Waals surface area contributed by atoms with Crippen LogP contribution in [0.2, 0.25) is 0 Å². The number of rotatable bonds is 2. The maximum Gasteiger partial charge on any atom is 0.0952 e. The second kappa shape index (κ2) is 4.77. The molecule has 1 fully saturated rings. The van der Waals surface area contributed by atoms with Gasteiger partial charge in [-0.15, -0.1) is 0 Å². The molecule has 2 nitrogen and oxygen atoms in total. The van der Waals surface area contributed by atoms with E-state index in [2.05, 4.69) is 43.0 Å². The molecule has 1 heterocycles. The van der Waals surface area contributed by atoms with Crippen LogP contribution < -0.4 is 0 Å². The minimum atomic E-state index is 0.263. The third-order valence-electron chi connectivity index (χ3n) is 3.05. The number of likely N-dealkylation sites (N-methyl/N-ethyl adjacent to an activating group) is 1. The summed E-state index contributed by atoms with van der Waals surface area (Å²) in [5.74, 6) is 0. The first kappa shape index (κ1) is 10.7. The van der Waals surface area contributed by atoms with Gasteiger partial charge < -0.3 is 4.74 Å². The van der Waals surface area contributed by atoms with Gasteiger partial charge in [-0.1, -0.05) is 36.8 Å². The van der Waals surface area contributed by atoms with E-state index in [1.165, 1.54) is 11.1 Å². The first-order valence-electron chi connectivity index (χ1n) is 5.70. The molecule has 1 aliphatic heterocycles. The van der Waals surface area contributed by atoms with Gasteiger partial charge in [-0.3, -0.25) is 4.90 Å². The molecule has 0 bridgehead atoms. The van der Waals surface area contributed by atoms with Crippen molar-refractivity contribution in [3.8, 4) is 0 Å².